The summed E-state index contributed by atoms with van der Waals surface area (Å²) in [7, 11) is 0. The van der Waals surface area contributed by atoms with Crippen molar-refractivity contribution in [2.75, 3.05) is 0 Å². The first-order valence-electron chi connectivity index (χ1n) is 5.32. The highest BCUT2D eigenvalue weighted by Crippen LogP contribution is 2.20. The molecule has 0 aliphatic heterocycles. The van der Waals surface area contributed by atoms with Crippen LogP contribution in [-0.2, 0) is 6.42 Å². The lowest BCUT2D eigenvalue weighted by Gasteiger charge is -2.04. The van der Waals surface area contributed by atoms with Gasteiger partial charge in [0.1, 0.15) is 11.5 Å². The SMILES string of the molecule is Cc1cnc(C(=O)Cc2c(F)cccc2Cl)cn1. The minimum atomic E-state index is -0.490. The predicted octanol–water partition coefficient (Wildman–Crippen LogP) is 3.00. The maximum atomic E-state index is 13.5. The van der Waals surface area contributed by atoms with Crippen molar-refractivity contribution < 1.29 is 9.18 Å². The Morgan fingerprint density at radius 1 is 1.33 bits per heavy atom. The number of halogens is 2. The molecule has 1 aromatic heterocycles. The normalized spacial score (nSPS) is 10.4. The summed E-state index contributed by atoms with van der Waals surface area (Å²) in [5, 5.41) is 0.239. The molecule has 0 atom stereocenters. The number of aromatic nitrogens is 2. The van der Waals surface area contributed by atoms with Gasteiger partial charge >= 0.3 is 0 Å². The summed E-state index contributed by atoms with van der Waals surface area (Å²) in [5.74, 6) is -0.801. The molecule has 0 aliphatic carbocycles. The number of aryl methyl sites for hydroxylation is 1. The molecular formula is C13H10ClFN2O. The summed E-state index contributed by atoms with van der Waals surface area (Å²) in [4.78, 5) is 19.8. The molecule has 0 unspecified atom stereocenters. The average Bonchev–Trinajstić information content (AvgIpc) is 2.34. The van der Waals surface area contributed by atoms with Gasteiger partial charge < -0.3 is 0 Å². The summed E-state index contributed by atoms with van der Waals surface area (Å²) in [6.07, 6.45) is 2.76. The van der Waals surface area contributed by atoms with E-state index in [9.17, 15) is 9.18 Å². The lowest BCUT2D eigenvalue weighted by atomic mass is 10.1. The van der Waals surface area contributed by atoms with E-state index in [-0.39, 0.29) is 28.5 Å². The minimum absolute atomic E-state index is 0.122. The van der Waals surface area contributed by atoms with E-state index >= 15 is 0 Å². The molecule has 0 bridgehead atoms. The third kappa shape index (κ3) is 2.71. The molecule has 1 heterocycles. The summed E-state index contributed by atoms with van der Waals surface area (Å²) >= 11 is 5.86. The fourth-order valence-electron chi connectivity index (χ4n) is 1.49. The van der Waals surface area contributed by atoms with Gasteiger partial charge in [-0.1, -0.05) is 17.7 Å². The maximum absolute atomic E-state index is 13.5. The van der Waals surface area contributed by atoms with E-state index in [1.165, 1.54) is 24.5 Å². The van der Waals surface area contributed by atoms with E-state index in [1.807, 2.05) is 0 Å². The Morgan fingerprint density at radius 2 is 2.11 bits per heavy atom. The van der Waals surface area contributed by atoms with Gasteiger partial charge in [-0.2, -0.15) is 0 Å². The molecule has 2 rings (SSSR count). The zero-order valence-electron chi connectivity index (χ0n) is 9.65. The van der Waals surface area contributed by atoms with Crippen LogP contribution in [0, 0.1) is 12.7 Å². The van der Waals surface area contributed by atoms with Crippen molar-refractivity contribution in [2.45, 2.75) is 13.3 Å². The highest BCUT2D eigenvalue weighted by atomic mass is 35.5. The number of ketones is 1. The quantitative estimate of drug-likeness (QED) is 0.801. The Kier molecular flexibility index (Phi) is 3.67. The van der Waals surface area contributed by atoms with Crippen LogP contribution >= 0.6 is 11.6 Å². The van der Waals surface area contributed by atoms with E-state index in [0.717, 1.165) is 5.69 Å². The fraction of sp³-hybridized carbons (Fsp3) is 0.154. The second kappa shape index (κ2) is 5.23. The Balaban J connectivity index is 2.24. The lowest BCUT2D eigenvalue weighted by Crippen LogP contribution is -2.08. The second-order valence-corrected chi connectivity index (χ2v) is 4.25. The second-order valence-electron chi connectivity index (χ2n) is 3.84. The smallest absolute Gasteiger partial charge is 0.187 e. The Hall–Kier alpha value is -1.81. The van der Waals surface area contributed by atoms with Crippen molar-refractivity contribution in [3.05, 3.63) is 58.4 Å². The molecule has 92 valence electrons. The number of hydrogen-bond acceptors (Lipinski definition) is 3. The monoisotopic (exact) mass is 264 g/mol. The summed E-state index contributed by atoms with van der Waals surface area (Å²) in [5.41, 5.74) is 1.11. The van der Waals surface area contributed by atoms with Crippen LogP contribution in [0.25, 0.3) is 0 Å². The standard InChI is InChI=1S/C13H10ClFN2O/c1-8-6-17-12(7-16-8)13(18)5-9-10(14)3-2-4-11(9)15/h2-4,6-7H,5H2,1H3. The van der Waals surface area contributed by atoms with Gasteiger partial charge in [0.25, 0.3) is 0 Å². The maximum Gasteiger partial charge on any atom is 0.187 e. The number of hydrogen-bond donors (Lipinski definition) is 0. The highest BCUT2D eigenvalue weighted by Gasteiger charge is 2.14. The van der Waals surface area contributed by atoms with E-state index in [2.05, 4.69) is 9.97 Å². The number of carbonyl (C=O) groups excluding carboxylic acids is 1. The van der Waals surface area contributed by atoms with Gasteiger partial charge in [0.15, 0.2) is 5.78 Å². The number of benzene rings is 1. The van der Waals surface area contributed by atoms with Crippen LogP contribution in [0.1, 0.15) is 21.7 Å². The first-order chi connectivity index (χ1) is 8.58. The topological polar surface area (TPSA) is 42.9 Å². The van der Waals surface area contributed by atoms with E-state index < -0.39 is 5.82 Å². The molecule has 5 heteroatoms. The average molecular weight is 265 g/mol. The molecule has 0 saturated heterocycles. The summed E-state index contributed by atoms with van der Waals surface area (Å²) in [6, 6.07) is 4.32. The van der Waals surface area contributed by atoms with Crippen molar-refractivity contribution in [1.29, 1.82) is 0 Å². The summed E-state index contributed by atoms with van der Waals surface area (Å²) in [6.45, 7) is 1.77. The van der Waals surface area contributed by atoms with Crippen LogP contribution in [0.5, 0.6) is 0 Å². The molecule has 0 amide bonds. The van der Waals surface area contributed by atoms with Crippen LogP contribution in [-0.4, -0.2) is 15.8 Å². The number of Topliss-reactive ketones (excluding diaryl/α,β-unsaturated/α-hetero) is 1. The van der Waals surface area contributed by atoms with Crippen LogP contribution in [0.4, 0.5) is 4.39 Å². The van der Waals surface area contributed by atoms with Gasteiger partial charge in [0.05, 0.1) is 11.9 Å². The Morgan fingerprint density at radius 3 is 2.72 bits per heavy atom. The molecule has 1 aromatic carbocycles. The number of carbonyl (C=O) groups is 1. The molecule has 0 fully saturated rings. The molecule has 0 saturated carbocycles. The van der Waals surface area contributed by atoms with Crippen LogP contribution in [0.15, 0.2) is 30.6 Å². The van der Waals surface area contributed by atoms with Crippen molar-refractivity contribution in [1.82, 2.24) is 9.97 Å². The van der Waals surface area contributed by atoms with Crippen molar-refractivity contribution in [2.24, 2.45) is 0 Å². The van der Waals surface area contributed by atoms with Gasteiger partial charge in [-0.15, -0.1) is 0 Å². The minimum Gasteiger partial charge on any atom is -0.292 e. The Bertz CT molecular complexity index is 564. The fourth-order valence-corrected chi connectivity index (χ4v) is 1.72. The molecule has 0 radical (unpaired) electrons. The van der Waals surface area contributed by atoms with Gasteiger partial charge in [0, 0.05) is 23.2 Å². The molecule has 0 aliphatic rings. The van der Waals surface area contributed by atoms with E-state index in [4.69, 9.17) is 11.6 Å². The number of nitrogens with zero attached hydrogens (tertiary/aromatic N) is 2. The van der Waals surface area contributed by atoms with Gasteiger partial charge in [0.2, 0.25) is 0 Å². The van der Waals surface area contributed by atoms with E-state index in [1.54, 1.807) is 13.0 Å². The zero-order valence-corrected chi connectivity index (χ0v) is 10.4. The van der Waals surface area contributed by atoms with Crippen molar-refractivity contribution >= 4 is 17.4 Å². The highest BCUT2D eigenvalue weighted by molar-refractivity contribution is 6.31. The third-order valence-electron chi connectivity index (χ3n) is 2.47. The van der Waals surface area contributed by atoms with Crippen LogP contribution in [0.2, 0.25) is 5.02 Å². The van der Waals surface area contributed by atoms with Crippen molar-refractivity contribution in [3.63, 3.8) is 0 Å². The molecular weight excluding hydrogens is 255 g/mol. The van der Waals surface area contributed by atoms with Crippen molar-refractivity contribution in [3.8, 4) is 0 Å². The van der Waals surface area contributed by atoms with Gasteiger partial charge in [-0.3, -0.25) is 9.78 Å². The third-order valence-corrected chi connectivity index (χ3v) is 2.82. The first kappa shape index (κ1) is 12.6. The molecule has 2 aromatic rings. The molecule has 0 N–H and O–H groups in total. The van der Waals surface area contributed by atoms with Crippen LogP contribution in [0.3, 0.4) is 0 Å². The number of rotatable bonds is 3. The largest absolute Gasteiger partial charge is 0.292 e. The molecule has 18 heavy (non-hydrogen) atoms. The molecule has 0 spiro atoms. The predicted molar refractivity (Wildman–Crippen MR) is 66.2 cm³/mol. The molecule has 3 nitrogen and oxygen atoms in total. The zero-order chi connectivity index (χ0) is 13.1. The summed E-state index contributed by atoms with van der Waals surface area (Å²) < 4.78 is 13.5. The van der Waals surface area contributed by atoms with E-state index in [0.29, 0.717) is 0 Å². The van der Waals surface area contributed by atoms with Gasteiger partial charge in [-0.25, -0.2) is 9.37 Å². The first-order valence-corrected chi connectivity index (χ1v) is 5.70. The van der Waals surface area contributed by atoms with Gasteiger partial charge in [-0.05, 0) is 19.1 Å². The lowest BCUT2D eigenvalue weighted by molar-refractivity contribution is 0.0986. The Labute approximate surface area is 109 Å². The van der Waals surface area contributed by atoms with Crippen LogP contribution < -0.4 is 0 Å².